The fourth-order valence-electron chi connectivity index (χ4n) is 3.86. The Balaban J connectivity index is 1.50. The molecule has 29 heavy (non-hydrogen) atoms. The Morgan fingerprint density at radius 1 is 0.621 bits per heavy atom. The van der Waals surface area contributed by atoms with E-state index in [1.165, 1.54) is 103 Å². The van der Waals surface area contributed by atoms with Gasteiger partial charge in [0.05, 0.1) is 35.9 Å². The molecule has 0 saturated carbocycles. The third-order valence-electron chi connectivity index (χ3n) is 6.06. The summed E-state index contributed by atoms with van der Waals surface area (Å²) in [5, 5.41) is 1.02. The average molecular weight is 447 g/mol. The molecule has 2 saturated heterocycles. The topological polar surface area (TPSA) is 34.3 Å². The quantitative estimate of drug-likeness (QED) is 0.0952. The standard InChI is InChI=1S/C24H46O3S2/c1-3-5-7-9-11-13-15-17-23(21-19-25-21)28-27-29-24(22-20-26-22)18-16-14-12-10-8-6-4-2/h21-24H,3-20H2,1-2H3. The van der Waals surface area contributed by atoms with Crippen LogP contribution in [-0.2, 0) is 13.1 Å². The minimum absolute atomic E-state index is 0.430. The van der Waals surface area contributed by atoms with Crippen LogP contribution in [0.4, 0.5) is 0 Å². The van der Waals surface area contributed by atoms with Crippen LogP contribution < -0.4 is 0 Å². The largest absolute Gasteiger partial charge is 0.372 e. The number of unbranched alkanes of at least 4 members (excludes halogenated alkanes) is 12. The Morgan fingerprint density at radius 2 is 0.966 bits per heavy atom. The summed E-state index contributed by atoms with van der Waals surface area (Å²) in [5.74, 6) is 0. The van der Waals surface area contributed by atoms with E-state index in [-0.39, 0.29) is 0 Å². The van der Waals surface area contributed by atoms with Gasteiger partial charge in [-0.3, -0.25) is 0 Å². The van der Waals surface area contributed by atoms with Crippen molar-refractivity contribution in [1.82, 2.24) is 0 Å². The van der Waals surface area contributed by atoms with Gasteiger partial charge < -0.3 is 9.47 Å². The average Bonchev–Trinajstić information content (AvgIpc) is 3.63. The minimum Gasteiger partial charge on any atom is -0.372 e. The van der Waals surface area contributed by atoms with Gasteiger partial charge >= 0.3 is 0 Å². The molecule has 0 aromatic carbocycles. The van der Waals surface area contributed by atoms with E-state index in [4.69, 9.17) is 13.1 Å². The molecule has 5 heteroatoms. The summed E-state index contributed by atoms with van der Waals surface area (Å²) >= 11 is 3.35. The second-order valence-corrected chi connectivity index (χ2v) is 11.0. The summed E-state index contributed by atoms with van der Waals surface area (Å²) < 4.78 is 17.2. The van der Waals surface area contributed by atoms with Gasteiger partial charge in [0, 0.05) is 24.1 Å². The SMILES string of the molecule is CCCCCCCCCC(SOSC(CCCCCCCCC)C1CO1)C1CO1. The highest BCUT2D eigenvalue weighted by atomic mass is 32.2. The first kappa shape index (κ1) is 25.8. The Labute approximate surface area is 189 Å². The van der Waals surface area contributed by atoms with Gasteiger partial charge in [0.15, 0.2) is 0 Å². The van der Waals surface area contributed by atoms with Gasteiger partial charge in [0.25, 0.3) is 0 Å². The number of ether oxygens (including phenoxy) is 2. The van der Waals surface area contributed by atoms with E-state index >= 15 is 0 Å². The zero-order valence-electron chi connectivity index (χ0n) is 19.1. The maximum Gasteiger partial charge on any atom is 0.0950 e. The highest BCUT2D eigenvalue weighted by Crippen LogP contribution is 2.38. The van der Waals surface area contributed by atoms with Crippen LogP contribution in [0.5, 0.6) is 0 Å². The van der Waals surface area contributed by atoms with E-state index in [9.17, 15) is 0 Å². The first-order valence-electron chi connectivity index (χ1n) is 12.6. The van der Waals surface area contributed by atoms with Crippen molar-refractivity contribution in [2.24, 2.45) is 0 Å². The molecule has 172 valence electrons. The summed E-state index contributed by atoms with van der Waals surface area (Å²) in [5.41, 5.74) is 0. The number of hydrogen-bond donors (Lipinski definition) is 0. The predicted molar refractivity (Wildman–Crippen MR) is 129 cm³/mol. The third kappa shape index (κ3) is 13.6. The van der Waals surface area contributed by atoms with E-state index in [0.717, 1.165) is 13.2 Å². The molecule has 4 atom stereocenters. The van der Waals surface area contributed by atoms with Gasteiger partial charge in [0.1, 0.15) is 0 Å². The summed E-state index contributed by atoms with van der Waals surface area (Å²) in [6.45, 7) is 6.42. The van der Waals surface area contributed by atoms with Crippen LogP contribution in [0.1, 0.15) is 117 Å². The molecule has 0 spiro atoms. The van der Waals surface area contributed by atoms with Crippen molar-refractivity contribution >= 4 is 24.1 Å². The van der Waals surface area contributed by atoms with Crippen molar-refractivity contribution in [3.8, 4) is 0 Å². The molecule has 4 unspecified atom stereocenters. The van der Waals surface area contributed by atoms with Crippen molar-refractivity contribution in [2.75, 3.05) is 13.2 Å². The normalized spacial score (nSPS) is 22.6. The first-order chi connectivity index (χ1) is 14.3. The van der Waals surface area contributed by atoms with Gasteiger partial charge in [-0.25, -0.2) is 3.63 Å². The van der Waals surface area contributed by atoms with Crippen LogP contribution >= 0.6 is 24.1 Å². The lowest BCUT2D eigenvalue weighted by Crippen LogP contribution is -2.14. The highest BCUT2D eigenvalue weighted by molar-refractivity contribution is 8.08. The molecule has 0 radical (unpaired) electrons. The van der Waals surface area contributed by atoms with Crippen LogP contribution in [0.15, 0.2) is 0 Å². The lowest BCUT2D eigenvalue weighted by molar-refractivity contribution is 0.387. The molecule has 2 aliphatic heterocycles. The molecule has 0 bridgehead atoms. The van der Waals surface area contributed by atoms with Crippen molar-refractivity contribution in [1.29, 1.82) is 0 Å². The van der Waals surface area contributed by atoms with Crippen molar-refractivity contribution in [2.45, 2.75) is 139 Å². The number of rotatable bonds is 22. The molecule has 2 rings (SSSR count). The summed E-state index contributed by atoms with van der Waals surface area (Å²) in [6.07, 6.45) is 22.5. The minimum atomic E-state index is 0.430. The smallest absolute Gasteiger partial charge is 0.0950 e. The number of hydrogen-bond acceptors (Lipinski definition) is 5. The molecule has 3 nitrogen and oxygen atoms in total. The molecular weight excluding hydrogens is 400 g/mol. The van der Waals surface area contributed by atoms with Crippen LogP contribution in [0.2, 0.25) is 0 Å². The van der Waals surface area contributed by atoms with Crippen LogP contribution in [0.3, 0.4) is 0 Å². The molecule has 0 amide bonds. The zero-order chi connectivity index (χ0) is 20.6. The van der Waals surface area contributed by atoms with Gasteiger partial charge in [-0.2, -0.15) is 0 Å². The van der Waals surface area contributed by atoms with Crippen molar-refractivity contribution in [3.05, 3.63) is 0 Å². The van der Waals surface area contributed by atoms with E-state index in [1.54, 1.807) is 24.1 Å². The maximum absolute atomic E-state index is 6.05. The predicted octanol–water partition coefficient (Wildman–Crippen LogP) is 8.12. The van der Waals surface area contributed by atoms with Gasteiger partial charge in [-0.05, 0) is 12.8 Å². The lowest BCUT2D eigenvalue weighted by Gasteiger charge is -2.16. The monoisotopic (exact) mass is 446 g/mol. The third-order valence-corrected chi connectivity index (χ3v) is 8.26. The zero-order valence-corrected chi connectivity index (χ0v) is 20.7. The molecule has 2 aliphatic rings. The molecule has 0 aromatic rings. The lowest BCUT2D eigenvalue weighted by atomic mass is 10.1. The molecule has 2 fully saturated rings. The van der Waals surface area contributed by atoms with E-state index in [1.807, 2.05) is 0 Å². The maximum atomic E-state index is 6.05. The molecular formula is C24H46O3S2. The van der Waals surface area contributed by atoms with Gasteiger partial charge in [-0.1, -0.05) is 104 Å². The van der Waals surface area contributed by atoms with Crippen molar-refractivity contribution in [3.63, 3.8) is 0 Å². The molecule has 0 N–H and O–H groups in total. The summed E-state index contributed by atoms with van der Waals surface area (Å²) in [7, 11) is 0. The Morgan fingerprint density at radius 3 is 1.31 bits per heavy atom. The Kier molecular flexibility index (Phi) is 15.3. The fourth-order valence-corrected chi connectivity index (χ4v) is 5.94. The second-order valence-electron chi connectivity index (χ2n) is 8.90. The van der Waals surface area contributed by atoms with Crippen LogP contribution in [0, 0.1) is 0 Å². The van der Waals surface area contributed by atoms with Gasteiger partial charge in [-0.15, -0.1) is 0 Å². The van der Waals surface area contributed by atoms with Gasteiger partial charge in [0.2, 0.25) is 0 Å². The van der Waals surface area contributed by atoms with Crippen LogP contribution in [0.25, 0.3) is 0 Å². The fraction of sp³-hybridized carbons (Fsp3) is 1.00. The second kappa shape index (κ2) is 17.2. The molecule has 0 aromatic heterocycles. The summed E-state index contributed by atoms with van der Waals surface area (Å²) in [6, 6.07) is 0. The number of epoxide rings is 2. The molecule has 2 heterocycles. The first-order valence-corrected chi connectivity index (χ1v) is 14.2. The van der Waals surface area contributed by atoms with Crippen molar-refractivity contribution < 1.29 is 13.1 Å². The Bertz CT molecular complexity index is 341. The van der Waals surface area contributed by atoms with E-state index < -0.39 is 0 Å². The van der Waals surface area contributed by atoms with E-state index in [0.29, 0.717) is 22.7 Å². The highest BCUT2D eigenvalue weighted by Gasteiger charge is 2.36. The van der Waals surface area contributed by atoms with Crippen LogP contribution in [-0.4, -0.2) is 35.9 Å². The van der Waals surface area contributed by atoms with E-state index in [2.05, 4.69) is 13.8 Å². The summed E-state index contributed by atoms with van der Waals surface area (Å²) in [4.78, 5) is 0. The molecule has 0 aliphatic carbocycles. The Hall–Kier alpha value is 0.580.